The maximum Gasteiger partial charge on any atom is 0.124 e. The number of benzene rings is 2. The summed E-state index contributed by atoms with van der Waals surface area (Å²) in [7, 11) is 0. The van der Waals surface area contributed by atoms with Crippen molar-refractivity contribution in [1.82, 2.24) is 0 Å². The summed E-state index contributed by atoms with van der Waals surface area (Å²) in [6, 6.07) is 12.2. The SMILES string of the molecule is CC(Nc1ccccc1Cl)c1ccc(F)cc1Br. The van der Waals surface area contributed by atoms with Crippen LogP contribution in [0.1, 0.15) is 18.5 Å². The molecule has 1 unspecified atom stereocenters. The highest BCUT2D eigenvalue weighted by atomic mass is 79.9. The Hall–Kier alpha value is -1.06. The van der Waals surface area contributed by atoms with E-state index < -0.39 is 0 Å². The standard InChI is InChI=1S/C14H12BrClFN/c1-9(11-7-6-10(17)8-12(11)15)18-14-5-3-2-4-13(14)16/h2-9,18H,1H3. The predicted octanol–water partition coefficient (Wildman–Crippen LogP) is 5.41. The Morgan fingerprint density at radius 1 is 1.22 bits per heavy atom. The normalized spacial score (nSPS) is 12.2. The number of rotatable bonds is 3. The Kier molecular flexibility index (Phi) is 4.25. The second-order valence-electron chi connectivity index (χ2n) is 4.01. The van der Waals surface area contributed by atoms with Gasteiger partial charge in [-0.2, -0.15) is 0 Å². The smallest absolute Gasteiger partial charge is 0.124 e. The molecule has 0 amide bonds. The number of para-hydroxylation sites is 1. The lowest BCUT2D eigenvalue weighted by Crippen LogP contribution is -2.07. The Morgan fingerprint density at radius 2 is 1.94 bits per heavy atom. The van der Waals surface area contributed by atoms with Crippen molar-refractivity contribution in [3.05, 3.63) is 63.3 Å². The van der Waals surface area contributed by atoms with Crippen LogP contribution in [-0.2, 0) is 0 Å². The van der Waals surface area contributed by atoms with Crippen molar-refractivity contribution in [2.75, 3.05) is 5.32 Å². The Morgan fingerprint density at radius 3 is 2.61 bits per heavy atom. The molecule has 0 aliphatic rings. The quantitative estimate of drug-likeness (QED) is 0.794. The van der Waals surface area contributed by atoms with Crippen LogP contribution >= 0.6 is 27.5 Å². The monoisotopic (exact) mass is 327 g/mol. The summed E-state index contributed by atoms with van der Waals surface area (Å²) in [4.78, 5) is 0. The molecule has 0 aromatic heterocycles. The van der Waals surface area contributed by atoms with Gasteiger partial charge in [-0.05, 0) is 36.8 Å². The van der Waals surface area contributed by atoms with Crippen LogP contribution < -0.4 is 5.32 Å². The van der Waals surface area contributed by atoms with Gasteiger partial charge in [-0.1, -0.05) is 45.7 Å². The van der Waals surface area contributed by atoms with Crippen molar-refractivity contribution >= 4 is 33.2 Å². The summed E-state index contributed by atoms with van der Waals surface area (Å²) in [6.07, 6.45) is 0. The van der Waals surface area contributed by atoms with E-state index in [4.69, 9.17) is 11.6 Å². The topological polar surface area (TPSA) is 12.0 Å². The average molecular weight is 329 g/mol. The van der Waals surface area contributed by atoms with E-state index in [0.29, 0.717) is 5.02 Å². The third-order valence-electron chi connectivity index (χ3n) is 2.67. The second kappa shape index (κ2) is 5.72. The van der Waals surface area contributed by atoms with Crippen molar-refractivity contribution in [1.29, 1.82) is 0 Å². The van der Waals surface area contributed by atoms with E-state index in [1.165, 1.54) is 12.1 Å². The largest absolute Gasteiger partial charge is 0.377 e. The molecule has 1 nitrogen and oxygen atoms in total. The zero-order valence-corrected chi connectivity index (χ0v) is 12.1. The van der Waals surface area contributed by atoms with E-state index in [9.17, 15) is 4.39 Å². The lowest BCUT2D eigenvalue weighted by molar-refractivity contribution is 0.625. The molecule has 0 aliphatic heterocycles. The predicted molar refractivity (Wildman–Crippen MR) is 77.6 cm³/mol. The van der Waals surface area contributed by atoms with Gasteiger partial charge in [0.05, 0.1) is 10.7 Å². The molecule has 0 fully saturated rings. The zero-order chi connectivity index (χ0) is 13.1. The van der Waals surface area contributed by atoms with E-state index >= 15 is 0 Å². The van der Waals surface area contributed by atoms with Crippen molar-refractivity contribution < 1.29 is 4.39 Å². The molecule has 0 bridgehead atoms. The van der Waals surface area contributed by atoms with Gasteiger partial charge in [0.25, 0.3) is 0 Å². The molecule has 2 rings (SSSR count). The van der Waals surface area contributed by atoms with Crippen molar-refractivity contribution in [3.8, 4) is 0 Å². The average Bonchev–Trinajstić information content (AvgIpc) is 2.32. The highest BCUT2D eigenvalue weighted by Crippen LogP contribution is 2.29. The van der Waals surface area contributed by atoms with E-state index in [1.54, 1.807) is 6.07 Å². The highest BCUT2D eigenvalue weighted by Gasteiger charge is 2.11. The van der Waals surface area contributed by atoms with Crippen LogP contribution in [0, 0.1) is 5.82 Å². The summed E-state index contributed by atoms with van der Waals surface area (Å²) < 4.78 is 13.8. The van der Waals surface area contributed by atoms with Gasteiger partial charge in [0.15, 0.2) is 0 Å². The van der Waals surface area contributed by atoms with Crippen LogP contribution in [0.3, 0.4) is 0 Å². The van der Waals surface area contributed by atoms with Crippen molar-refractivity contribution in [3.63, 3.8) is 0 Å². The maximum absolute atomic E-state index is 13.0. The first kappa shape index (κ1) is 13.4. The van der Waals surface area contributed by atoms with Crippen molar-refractivity contribution in [2.45, 2.75) is 13.0 Å². The number of nitrogens with one attached hydrogen (secondary N) is 1. The number of halogens is 3. The molecule has 2 aromatic carbocycles. The van der Waals surface area contributed by atoms with Gasteiger partial charge in [0.2, 0.25) is 0 Å². The van der Waals surface area contributed by atoms with Crippen LogP contribution in [0.25, 0.3) is 0 Å². The zero-order valence-electron chi connectivity index (χ0n) is 9.75. The van der Waals surface area contributed by atoms with Crippen LogP contribution in [0.4, 0.5) is 10.1 Å². The summed E-state index contributed by atoms with van der Waals surface area (Å²) >= 11 is 9.45. The van der Waals surface area contributed by atoms with Crippen LogP contribution in [0.5, 0.6) is 0 Å². The molecule has 0 aliphatic carbocycles. The molecule has 0 heterocycles. The van der Waals surface area contributed by atoms with Gasteiger partial charge < -0.3 is 5.32 Å². The molecular formula is C14H12BrClFN. The minimum Gasteiger partial charge on any atom is -0.377 e. The Bertz CT molecular complexity index is 559. The van der Waals surface area contributed by atoms with E-state index in [2.05, 4.69) is 21.2 Å². The number of anilines is 1. The molecule has 1 N–H and O–H groups in total. The van der Waals surface area contributed by atoms with Gasteiger partial charge >= 0.3 is 0 Å². The second-order valence-corrected chi connectivity index (χ2v) is 5.27. The third kappa shape index (κ3) is 3.03. The molecule has 0 saturated carbocycles. The lowest BCUT2D eigenvalue weighted by atomic mass is 10.1. The maximum atomic E-state index is 13.0. The van der Waals surface area contributed by atoms with E-state index in [1.807, 2.05) is 31.2 Å². The van der Waals surface area contributed by atoms with Crippen LogP contribution in [-0.4, -0.2) is 0 Å². The van der Waals surface area contributed by atoms with Gasteiger partial charge in [-0.25, -0.2) is 4.39 Å². The van der Waals surface area contributed by atoms with Gasteiger partial charge in [0, 0.05) is 10.5 Å². The molecule has 18 heavy (non-hydrogen) atoms. The fraction of sp³-hybridized carbons (Fsp3) is 0.143. The fourth-order valence-electron chi connectivity index (χ4n) is 1.74. The summed E-state index contributed by atoms with van der Waals surface area (Å²) in [5, 5.41) is 3.97. The first-order valence-corrected chi connectivity index (χ1v) is 6.71. The lowest BCUT2D eigenvalue weighted by Gasteiger charge is -2.18. The van der Waals surface area contributed by atoms with Gasteiger partial charge in [-0.3, -0.25) is 0 Å². The number of hydrogen-bond donors (Lipinski definition) is 1. The highest BCUT2D eigenvalue weighted by molar-refractivity contribution is 9.10. The molecule has 94 valence electrons. The first-order valence-electron chi connectivity index (χ1n) is 5.54. The Labute approximate surface area is 119 Å². The molecule has 4 heteroatoms. The summed E-state index contributed by atoms with van der Waals surface area (Å²) in [5.41, 5.74) is 1.85. The molecule has 0 radical (unpaired) electrons. The van der Waals surface area contributed by atoms with Crippen molar-refractivity contribution in [2.24, 2.45) is 0 Å². The van der Waals surface area contributed by atoms with E-state index in [-0.39, 0.29) is 11.9 Å². The third-order valence-corrected chi connectivity index (χ3v) is 3.69. The minimum absolute atomic E-state index is 0.0277. The van der Waals surface area contributed by atoms with Gasteiger partial charge in [0.1, 0.15) is 5.82 Å². The summed E-state index contributed by atoms with van der Waals surface area (Å²) in [6.45, 7) is 2.00. The minimum atomic E-state index is -0.254. The summed E-state index contributed by atoms with van der Waals surface area (Å²) in [5.74, 6) is -0.254. The molecule has 2 aromatic rings. The Balaban J connectivity index is 2.22. The van der Waals surface area contributed by atoms with Gasteiger partial charge in [-0.15, -0.1) is 0 Å². The molecular weight excluding hydrogens is 317 g/mol. The number of hydrogen-bond acceptors (Lipinski definition) is 1. The molecule has 0 spiro atoms. The van der Waals surface area contributed by atoms with Crippen LogP contribution in [0.2, 0.25) is 5.02 Å². The fourth-order valence-corrected chi connectivity index (χ4v) is 2.63. The van der Waals surface area contributed by atoms with E-state index in [0.717, 1.165) is 15.7 Å². The molecule has 0 saturated heterocycles. The molecule has 1 atom stereocenters. The first-order chi connectivity index (χ1) is 8.58. The van der Waals surface area contributed by atoms with Crippen LogP contribution in [0.15, 0.2) is 46.9 Å².